The molecule has 13 heavy (non-hydrogen) atoms. The molecule has 0 saturated carbocycles. The first kappa shape index (κ1) is 8.16. The first-order valence-electron chi connectivity index (χ1n) is 4.43. The van der Waals surface area contributed by atoms with Crippen molar-refractivity contribution in [2.24, 2.45) is 0 Å². The Bertz CT molecular complexity index is 365. The largest absolute Gasteiger partial charge is 0.295 e. The molecule has 0 aromatic carbocycles. The highest BCUT2D eigenvalue weighted by atomic mass is 16.1. The average Bonchev–Trinajstić information content (AvgIpc) is 2.71. The van der Waals surface area contributed by atoms with Crippen LogP contribution in [0.3, 0.4) is 0 Å². The second-order valence-electron chi connectivity index (χ2n) is 3.07. The first-order valence-corrected chi connectivity index (χ1v) is 4.43. The van der Waals surface area contributed by atoms with Gasteiger partial charge in [-0.3, -0.25) is 4.79 Å². The standard InChI is InChI=1S/C9H11N3O/c1-2-12-9(6-10-11-12)7-3-4-8(13)5-7/h5-6H,2-4H2,1H3. The lowest BCUT2D eigenvalue weighted by Crippen LogP contribution is -2.01. The number of hydrogen-bond donors (Lipinski definition) is 0. The van der Waals surface area contributed by atoms with Crippen LogP contribution in [0, 0.1) is 0 Å². The van der Waals surface area contributed by atoms with Gasteiger partial charge in [-0.05, 0) is 25.0 Å². The van der Waals surface area contributed by atoms with Gasteiger partial charge < -0.3 is 0 Å². The highest BCUT2D eigenvalue weighted by molar-refractivity contribution is 6.01. The molecule has 0 saturated heterocycles. The minimum absolute atomic E-state index is 0.207. The Morgan fingerprint density at radius 3 is 3.00 bits per heavy atom. The summed E-state index contributed by atoms with van der Waals surface area (Å²) >= 11 is 0. The van der Waals surface area contributed by atoms with Gasteiger partial charge in [-0.25, -0.2) is 4.68 Å². The molecule has 1 aliphatic rings. The molecule has 1 aliphatic carbocycles. The van der Waals surface area contributed by atoms with Crippen molar-refractivity contribution in [1.29, 1.82) is 0 Å². The predicted octanol–water partition coefficient (Wildman–Crippen LogP) is 1.04. The van der Waals surface area contributed by atoms with Crippen molar-refractivity contribution >= 4 is 11.4 Å². The highest BCUT2D eigenvalue weighted by Gasteiger charge is 2.16. The Hall–Kier alpha value is -1.45. The number of allylic oxidation sites excluding steroid dienone is 2. The second kappa shape index (κ2) is 3.12. The predicted molar refractivity (Wildman–Crippen MR) is 47.9 cm³/mol. The third-order valence-corrected chi connectivity index (χ3v) is 2.22. The van der Waals surface area contributed by atoms with E-state index in [4.69, 9.17) is 0 Å². The Balaban J connectivity index is 2.35. The molecule has 4 heteroatoms. The number of carbonyl (C=O) groups excluding carboxylic acids is 1. The Morgan fingerprint density at radius 2 is 2.38 bits per heavy atom. The van der Waals surface area contributed by atoms with E-state index in [9.17, 15) is 4.79 Å². The van der Waals surface area contributed by atoms with E-state index in [1.807, 2.05) is 11.6 Å². The van der Waals surface area contributed by atoms with Crippen molar-refractivity contribution in [3.05, 3.63) is 18.0 Å². The summed E-state index contributed by atoms with van der Waals surface area (Å²) in [5.74, 6) is 0.207. The van der Waals surface area contributed by atoms with E-state index >= 15 is 0 Å². The van der Waals surface area contributed by atoms with E-state index < -0.39 is 0 Å². The minimum Gasteiger partial charge on any atom is -0.295 e. The zero-order valence-electron chi connectivity index (χ0n) is 7.53. The monoisotopic (exact) mass is 177 g/mol. The van der Waals surface area contributed by atoms with Crippen LogP contribution < -0.4 is 0 Å². The third kappa shape index (κ3) is 1.39. The number of ketones is 1. The van der Waals surface area contributed by atoms with E-state index in [1.54, 1.807) is 12.3 Å². The Labute approximate surface area is 76.2 Å². The lowest BCUT2D eigenvalue weighted by Gasteiger charge is -2.01. The van der Waals surface area contributed by atoms with Gasteiger partial charge in [0.1, 0.15) is 0 Å². The number of aryl methyl sites for hydroxylation is 1. The van der Waals surface area contributed by atoms with E-state index in [0.29, 0.717) is 6.42 Å². The summed E-state index contributed by atoms with van der Waals surface area (Å²) in [4.78, 5) is 11.0. The normalized spacial score (nSPS) is 16.4. The van der Waals surface area contributed by atoms with Gasteiger partial charge in [0.25, 0.3) is 0 Å². The number of aromatic nitrogens is 3. The van der Waals surface area contributed by atoms with Crippen LogP contribution in [0.25, 0.3) is 5.57 Å². The molecule has 0 fully saturated rings. The van der Waals surface area contributed by atoms with Gasteiger partial charge in [0.2, 0.25) is 0 Å². The zero-order valence-corrected chi connectivity index (χ0v) is 7.53. The lowest BCUT2D eigenvalue weighted by molar-refractivity contribution is -0.114. The SMILES string of the molecule is CCn1nncc1C1=CC(=O)CC1. The fraction of sp³-hybridized carbons (Fsp3) is 0.444. The molecular weight excluding hydrogens is 166 g/mol. The van der Waals surface area contributed by atoms with Crippen LogP contribution in [0.5, 0.6) is 0 Å². The summed E-state index contributed by atoms with van der Waals surface area (Å²) in [6.07, 6.45) is 4.87. The fourth-order valence-electron chi connectivity index (χ4n) is 1.54. The molecular formula is C9H11N3O. The maximum Gasteiger partial charge on any atom is 0.156 e. The first-order chi connectivity index (χ1) is 6.31. The topological polar surface area (TPSA) is 47.8 Å². The van der Waals surface area contributed by atoms with Gasteiger partial charge in [-0.1, -0.05) is 5.21 Å². The Kier molecular flexibility index (Phi) is 1.96. The van der Waals surface area contributed by atoms with Crippen molar-refractivity contribution in [1.82, 2.24) is 15.0 Å². The molecule has 68 valence electrons. The summed E-state index contributed by atoms with van der Waals surface area (Å²) in [7, 11) is 0. The van der Waals surface area contributed by atoms with Crippen molar-refractivity contribution in [2.45, 2.75) is 26.3 Å². The fourth-order valence-corrected chi connectivity index (χ4v) is 1.54. The number of nitrogens with zero attached hydrogens (tertiary/aromatic N) is 3. The van der Waals surface area contributed by atoms with Gasteiger partial charge in [-0.15, -0.1) is 5.10 Å². The summed E-state index contributed by atoms with van der Waals surface area (Å²) < 4.78 is 1.81. The van der Waals surface area contributed by atoms with E-state index in [0.717, 1.165) is 24.2 Å². The molecule has 0 unspecified atom stereocenters. The molecule has 1 aromatic rings. The maximum absolute atomic E-state index is 11.0. The Morgan fingerprint density at radius 1 is 1.54 bits per heavy atom. The van der Waals surface area contributed by atoms with Crippen LogP contribution in [-0.2, 0) is 11.3 Å². The van der Waals surface area contributed by atoms with Gasteiger partial charge in [0.05, 0.1) is 11.9 Å². The summed E-state index contributed by atoms with van der Waals surface area (Å²) in [5.41, 5.74) is 2.05. The van der Waals surface area contributed by atoms with Gasteiger partial charge in [0, 0.05) is 13.0 Å². The average molecular weight is 177 g/mol. The van der Waals surface area contributed by atoms with Crippen molar-refractivity contribution in [2.75, 3.05) is 0 Å². The molecule has 0 aliphatic heterocycles. The van der Waals surface area contributed by atoms with E-state index in [-0.39, 0.29) is 5.78 Å². The molecule has 1 aromatic heterocycles. The molecule has 0 bridgehead atoms. The molecule has 1 heterocycles. The molecule has 4 nitrogen and oxygen atoms in total. The van der Waals surface area contributed by atoms with E-state index in [1.165, 1.54) is 0 Å². The number of carbonyl (C=O) groups is 1. The molecule has 0 N–H and O–H groups in total. The maximum atomic E-state index is 11.0. The smallest absolute Gasteiger partial charge is 0.156 e. The summed E-state index contributed by atoms with van der Waals surface area (Å²) in [5, 5.41) is 7.74. The molecule has 0 atom stereocenters. The summed E-state index contributed by atoms with van der Waals surface area (Å²) in [6, 6.07) is 0. The molecule has 0 radical (unpaired) electrons. The number of hydrogen-bond acceptors (Lipinski definition) is 3. The summed E-state index contributed by atoms with van der Waals surface area (Å²) in [6.45, 7) is 2.80. The molecule has 0 amide bonds. The van der Waals surface area contributed by atoms with Gasteiger partial charge >= 0.3 is 0 Å². The molecule has 0 spiro atoms. The van der Waals surface area contributed by atoms with Crippen LogP contribution in [0.2, 0.25) is 0 Å². The second-order valence-corrected chi connectivity index (χ2v) is 3.07. The quantitative estimate of drug-likeness (QED) is 0.678. The highest BCUT2D eigenvalue weighted by Crippen LogP contribution is 2.24. The van der Waals surface area contributed by atoms with Crippen LogP contribution in [0.1, 0.15) is 25.5 Å². The van der Waals surface area contributed by atoms with Gasteiger partial charge in [-0.2, -0.15) is 0 Å². The third-order valence-electron chi connectivity index (χ3n) is 2.22. The van der Waals surface area contributed by atoms with Gasteiger partial charge in [0.15, 0.2) is 5.78 Å². The lowest BCUT2D eigenvalue weighted by atomic mass is 10.2. The van der Waals surface area contributed by atoms with Crippen LogP contribution in [-0.4, -0.2) is 20.8 Å². The van der Waals surface area contributed by atoms with Crippen molar-refractivity contribution in [3.63, 3.8) is 0 Å². The van der Waals surface area contributed by atoms with E-state index in [2.05, 4.69) is 10.3 Å². The number of rotatable bonds is 2. The zero-order chi connectivity index (χ0) is 9.26. The van der Waals surface area contributed by atoms with Crippen molar-refractivity contribution < 1.29 is 4.79 Å². The van der Waals surface area contributed by atoms with Crippen LogP contribution in [0.15, 0.2) is 12.3 Å². The minimum atomic E-state index is 0.207. The van der Waals surface area contributed by atoms with Crippen LogP contribution in [0.4, 0.5) is 0 Å². The van der Waals surface area contributed by atoms with Crippen LogP contribution >= 0.6 is 0 Å². The van der Waals surface area contributed by atoms with Crippen molar-refractivity contribution in [3.8, 4) is 0 Å². The molecule has 2 rings (SSSR count).